The first kappa shape index (κ1) is 62.1. The lowest BCUT2D eigenvalue weighted by Crippen LogP contribution is -2.46. The van der Waals surface area contributed by atoms with Gasteiger partial charge in [-0.1, -0.05) is 269 Å². The zero-order chi connectivity index (χ0) is 46.7. The Morgan fingerprint density at radius 2 is 0.797 bits per heavy atom. The SMILES string of the molecule is CCCCCCC/C=C/C=C/C=C/CCCCCCCC(=O)OC(CCCCCCCCCCCCCCCCCC)CC(=O)NC(CO)C(O)CCCCCCCCCCCCC. The number of aliphatic hydroxyl groups excluding tert-OH is 2. The van der Waals surface area contributed by atoms with E-state index in [1.165, 1.54) is 180 Å². The molecule has 0 spiro atoms. The van der Waals surface area contributed by atoms with Crippen LogP contribution in [0.4, 0.5) is 0 Å². The van der Waals surface area contributed by atoms with Crippen LogP contribution in [0.25, 0.3) is 0 Å². The summed E-state index contributed by atoms with van der Waals surface area (Å²) in [6.07, 6.45) is 62.0. The van der Waals surface area contributed by atoms with E-state index in [0.717, 1.165) is 70.6 Å². The fraction of sp³-hybridized carbons (Fsp3) is 0.862. The van der Waals surface area contributed by atoms with E-state index >= 15 is 0 Å². The minimum Gasteiger partial charge on any atom is -0.462 e. The van der Waals surface area contributed by atoms with Gasteiger partial charge in [0.05, 0.1) is 25.2 Å². The second-order valence-corrected chi connectivity index (χ2v) is 19.4. The molecule has 0 aliphatic heterocycles. The Hall–Kier alpha value is -1.92. The Labute approximate surface area is 398 Å². The predicted molar refractivity (Wildman–Crippen MR) is 278 cm³/mol. The minimum absolute atomic E-state index is 0.0737. The number of esters is 1. The van der Waals surface area contributed by atoms with Gasteiger partial charge in [0.25, 0.3) is 0 Å². The number of carbonyl (C=O) groups excluding carboxylic acids is 2. The van der Waals surface area contributed by atoms with Crippen LogP contribution in [-0.4, -0.2) is 46.9 Å². The molecule has 64 heavy (non-hydrogen) atoms. The Bertz CT molecular complexity index is 1060. The summed E-state index contributed by atoms with van der Waals surface area (Å²) in [5.74, 6) is -0.481. The van der Waals surface area contributed by atoms with Crippen molar-refractivity contribution in [1.29, 1.82) is 0 Å². The first-order valence-electron chi connectivity index (χ1n) is 28.2. The topological polar surface area (TPSA) is 95.9 Å². The summed E-state index contributed by atoms with van der Waals surface area (Å²) in [5.41, 5.74) is 0. The van der Waals surface area contributed by atoms with Crippen LogP contribution in [0.5, 0.6) is 0 Å². The number of ether oxygens (including phenoxy) is 1. The Morgan fingerprint density at radius 1 is 0.453 bits per heavy atom. The van der Waals surface area contributed by atoms with E-state index in [0.29, 0.717) is 19.3 Å². The standard InChI is InChI=1S/C58H109NO5/c1-4-7-10-13-16-19-22-24-26-28-29-31-33-36-39-42-45-48-51-58(63)64-54(49-46-43-40-37-35-32-30-27-25-23-20-17-14-11-8-5-2)52-57(62)59-55(53-60)56(61)50-47-44-41-38-34-21-18-15-12-9-6-3/h22,24,26,28-29,31,54-56,60-61H,4-21,23,25,27,30,32-53H2,1-3H3,(H,59,62)/b24-22+,28-26+,31-29+. The maximum absolute atomic E-state index is 13.2. The third kappa shape index (κ3) is 46.6. The summed E-state index contributed by atoms with van der Waals surface area (Å²) in [6, 6.07) is -0.702. The monoisotopic (exact) mass is 900 g/mol. The largest absolute Gasteiger partial charge is 0.462 e. The lowest BCUT2D eigenvalue weighted by Gasteiger charge is -2.24. The van der Waals surface area contributed by atoms with E-state index in [9.17, 15) is 19.8 Å². The van der Waals surface area contributed by atoms with Crippen LogP contribution in [0.3, 0.4) is 0 Å². The fourth-order valence-corrected chi connectivity index (χ4v) is 8.73. The third-order valence-electron chi connectivity index (χ3n) is 13.0. The van der Waals surface area contributed by atoms with Crippen molar-refractivity contribution in [3.05, 3.63) is 36.5 Å². The number of amides is 1. The van der Waals surface area contributed by atoms with Crippen molar-refractivity contribution in [2.24, 2.45) is 0 Å². The quantitative estimate of drug-likeness (QED) is 0.0321. The number of rotatable bonds is 51. The summed E-state index contributed by atoms with van der Waals surface area (Å²) in [4.78, 5) is 26.2. The normalized spacial score (nSPS) is 13.4. The van der Waals surface area contributed by atoms with Crippen LogP contribution in [0.15, 0.2) is 36.5 Å². The number of unbranched alkanes of at least 4 members (excludes halogenated alkanes) is 35. The molecule has 0 aliphatic rings. The van der Waals surface area contributed by atoms with Gasteiger partial charge >= 0.3 is 5.97 Å². The van der Waals surface area contributed by atoms with E-state index < -0.39 is 18.2 Å². The van der Waals surface area contributed by atoms with Crippen molar-refractivity contribution in [3.8, 4) is 0 Å². The molecule has 0 bridgehead atoms. The second kappa shape index (κ2) is 52.1. The molecule has 0 aromatic heterocycles. The van der Waals surface area contributed by atoms with E-state index in [4.69, 9.17) is 4.74 Å². The van der Waals surface area contributed by atoms with Gasteiger partial charge in [-0.2, -0.15) is 0 Å². The summed E-state index contributed by atoms with van der Waals surface area (Å²) >= 11 is 0. The zero-order valence-corrected chi connectivity index (χ0v) is 42.9. The number of nitrogens with one attached hydrogen (secondary N) is 1. The number of allylic oxidation sites excluding steroid dienone is 6. The zero-order valence-electron chi connectivity index (χ0n) is 42.9. The van der Waals surface area contributed by atoms with E-state index in [1.54, 1.807) is 0 Å². The lowest BCUT2D eigenvalue weighted by atomic mass is 10.0. The highest BCUT2D eigenvalue weighted by Crippen LogP contribution is 2.19. The first-order valence-corrected chi connectivity index (χ1v) is 28.2. The molecule has 3 unspecified atom stereocenters. The summed E-state index contributed by atoms with van der Waals surface area (Å²) in [7, 11) is 0. The molecule has 0 aromatic rings. The van der Waals surface area contributed by atoms with Crippen LogP contribution in [0.2, 0.25) is 0 Å². The average Bonchev–Trinajstić information content (AvgIpc) is 3.29. The molecule has 0 heterocycles. The molecular formula is C58H109NO5. The van der Waals surface area contributed by atoms with Gasteiger partial charge in [0, 0.05) is 6.42 Å². The van der Waals surface area contributed by atoms with E-state index in [2.05, 4.69) is 62.5 Å². The van der Waals surface area contributed by atoms with Gasteiger partial charge in [0.1, 0.15) is 6.10 Å². The highest BCUT2D eigenvalue weighted by atomic mass is 16.5. The average molecular weight is 901 g/mol. The number of hydrogen-bond donors (Lipinski definition) is 3. The van der Waals surface area contributed by atoms with Crippen LogP contribution in [0, 0.1) is 0 Å². The number of hydrogen-bond acceptors (Lipinski definition) is 5. The van der Waals surface area contributed by atoms with Gasteiger partial charge in [0.15, 0.2) is 0 Å². The molecular weight excluding hydrogens is 791 g/mol. The summed E-state index contributed by atoms with van der Waals surface area (Å²) in [6.45, 7) is 6.49. The molecule has 0 aliphatic carbocycles. The highest BCUT2D eigenvalue weighted by molar-refractivity contribution is 5.77. The molecule has 6 heteroatoms. The van der Waals surface area contributed by atoms with E-state index in [1.807, 2.05) is 0 Å². The molecule has 6 nitrogen and oxygen atoms in total. The molecule has 3 atom stereocenters. The van der Waals surface area contributed by atoms with Gasteiger partial charge < -0.3 is 20.3 Å². The van der Waals surface area contributed by atoms with Crippen molar-refractivity contribution >= 4 is 11.9 Å². The molecule has 1 amide bonds. The van der Waals surface area contributed by atoms with E-state index in [-0.39, 0.29) is 24.9 Å². The summed E-state index contributed by atoms with van der Waals surface area (Å²) < 4.78 is 5.95. The van der Waals surface area contributed by atoms with Crippen molar-refractivity contribution in [3.63, 3.8) is 0 Å². The van der Waals surface area contributed by atoms with Gasteiger partial charge in [-0.15, -0.1) is 0 Å². The maximum Gasteiger partial charge on any atom is 0.306 e. The third-order valence-corrected chi connectivity index (χ3v) is 13.0. The summed E-state index contributed by atoms with van der Waals surface area (Å²) in [5, 5.41) is 23.8. The maximum atomic E-state index is 13.2. The molecule has 376 valence electrons. The molecule has 0 saturated carbocycles. The van der Waals surface area contributed by atoms with Crippen LogP contribution >= 0.6 is 0 Å². The van der Waals surface area contributed by atoms with Gasteiger partial charge in [-0.05, 0) is 51.4 Å². The van der Waals surface area contributed by atoms with Gasteiger partial charge in [-0.3, -0.25) is 9.59 Å². The molecule has 0 saturated heterocycles. The minimum atomic E-state index is -0.788. The molecule has 0 fully saturated rings. The smallest absolute Gasteiger partial charge is 0.306 e. The van der Waals surface area contributed by atoms with Gasteiger partial charge in [-0.25, -0.2) is 0 Å². The fourth-order valence-electron chi connectivity index (χ4n) is 8.73. The first-order chi connectivity index (χ1) is 31.5. The van der Waals surface area contributed by atoms with Crippen LogP contribution in [-0.2, 0) is 14.3 Å². The number of carbonyl (C=O) groups is 2. The van der Waals surface area contributed by atoms with Crippen LogP contribution < -0.4 is 5.32 Å². The highest BCUT2D eigenvalue weighted by Gasteiger charge is 2.24. The second-order valence-electron chi connectivity index (χ2n) is 19.4. The molecule has 0 radical (unpaired) electrons. The lowest BCUT2D eigenvalue weighted by molar-refractivity contribution is -0.151. The Kier molecular flexibility index (Phi) is 50.5. The van der Waals surface area contributed by atoms with Crippen molar-refractivity contribution < 1.29 is 24.5 Å². The number of aliphatic hydroxyl groups is 2. The van der Waals surface area contributed by atoms with Crippen molar-refractivity contribution in [2.45, 2.75) is 315 Å². The van der Waals surface area contributed by atoms with Crippen LogP contribution in [0.1, 0.15) is 297 Å². The predicted octanol–water partition coefficient (Wildman–Crippen LogP) is 17.2. The Balaban J connectivity index is 4.58. The van der Waals surface area contributed by atoms with Gasteiger partial charge in [0.2, 0.25) is 5.91 Å². The molecule has 0 rings (SSSR count). The van der Waals surface area contributed by atoms with Crippen molar-refractivity contribution in [2.75, 3.05) is 6.61 Å². The Morgan fingerprint density at radius 3 is 1.19 bits per heavy atom. The molecule has 3 N–H and O–H groups in total. The van der Waals surface area contributed by atoms with Crippen molar-refractivity contribution in [1.82, 2.24) is 5.32 Å². The molecule has 0 aromatic carbocycles.